The molecule has 1 aromatic heterocycles. The van der Waals surface area contributed by atoms with Crippen molar-refractivity contribution < 1.29 is 18.1 Å². The van der Waals surface area contributed by atoms with Crippen LogP contribution in [0.1, 0.15) is 11.3 Å². The maximum atomic E-state index is 12.6. The van der Waals surface area contributed by atoms with E-state index >= 15 is 0 Å². The van der Waals surface area contributed by atoms with Crippen LogP contribution < -0.4 is 5.32 Å². The molecule has 0 saturated carbocycles. The zero-order chi connectivity index (χ0) is 15.6. The van der Waals surface area contributed by atoms with Crippen LogP contribution in [-0.2, 0) is 12.7 Å². The second-order valence-electron chi connectivity index (χ2n) is 4.24. The van der Waals surface area contributed by atoms with Crippen LogP contribution in [0, 0.1) is 10.1 Å². The lowest BCUT2D eigenvalue weighted by Gasteiger charge is -2.08. The molecule has 2 rings (SSSR count). The first kappa shape index (κ1) is 15.0. The molecule has 1 heterocycles. The number of aromatic nitrogens is 2. The Kier molecular flexibility index (Phi) is 3.94. The predicted octanol–water partition coefficient (Wildman–Crippen LogP) is 2.52. The van der Waals surface area contributed by atoms with Gasteiger partial charge in [0.2, 0.25) is 0 Å². The van der Waals surface area contributed by atoms with E-state index in [9.17, 15) is 23.3 Å². The smallest absolute Gasteiger partial charge is 0.314 e. The second kappa shape index (κ2) is 5.52. The van der Waals surface area contributed by atoms with Gasteiger partial charge in [-0.3, -0.25) is 10.1 Å². The molecule has 0 spiro atoms. The fraction of sp³-hybridized carbons (Fsp3) is 0.250. The van der Waals surface area contributed by atoms with E-state index in [1.165, 1.54) is 10.9 Å². The summed E-state index contributed by atoms with van der Waals surface area (Å²) in [6.45, 7) is 0.446. The average molecular weight is 300 g/mol. The van der Waals surface area contributed by atoms with E-state index in [2.05, 4.69) is 10.4 Å². The quantitative estimate of drug-likeness (QED) is 0.695. The van der Waals surface area contributed by atoms with Gasteiger partial charge in [-0.1, -0.05) is 0 Å². The van der Waals surface area contributed by atoms with Gasteiger partial charge in [0, 0.05) is 18.8 Å². The first-order valence-corrected chi connectivity index (χ1v) is 5.88. The van der Waals surface area contributed by atoms with Crippen molar-refractivity contribution in [2.75, 3.05) is 7.05 Å². The number of nitrogens with zero attached hydrogens (tertiary/aromatic N) is 3. The standard InChI is InChI=1S/C12H11F3N4O2/c1-16-7-9-4-5-18(17-9)10-3-2-8(12(13,14)15)6-11(10)19(20)21/h2-6,16H,7H2,1H3. The van der Waals surface area contributed by atoms with Crippen molar-refractivity contribution in [2.45, 2.75) is 12.7 Å². The summed E-state index contributed by atoms with van der Waals surface area (Å²) < 4.78 is 39.0. The molecule has 2 aromatic rings. The number of halogens is 3. The number of nitro groups is 1. The van der Waals surface area contributed by atoms with E-state index in [0.29, 0.717) is 18.3 Å². The molecule has 0 bridgehead atoms. The predicted molar refractivity (Wildman–Crippen MR) is 68.0 cm³/mol. The van der Waals surface area contributed by atoms with Gasteiger partial charge in [-0.25, -0.2) is 4.68 Å². The molecular formula is C12H11F3N4O2. The van der Waals surface area contributed by atoms with Crippen molar-refractivity contribution in [1.82, 2.24) is 15.1 Å². The third-order valence-corrected chi connectivity index (χ3v) is 2.75. The summed E-state index contributed by atoms with van der Waals surface area (Å²) in [6, 6.07) is 3.96. The molecule has 0 aliphatic rings. The number of alkyl halides is 3. The van der Waals surface area contributed by atoms with Crippen molar-refractivity contribution >= 4 is 5.69 Å². The zero-order valence-corrected chi connectivity index (χ0v) is 10.9. The number of rotatable bonds is 4. The van der Waals surface area contributed by atoms with Crippen molar-refractivity contribution in [2.24, 2.45) is 0 Å². The molecule has 0 atom stereocenters. The molecule has 0 amide bonds. The Hall–Kier alpha value is -2.42. The van der Waals surface area contributed by atoms with E-state index in [0.717, 1.165) is 12.1 Å². The van der Waals surface area contributed by atoms with E-state index in [-0.39, 0.29) is 5.69 Å². The van der Waals surface area contributed by atoms with Crippen LogP contribution in [0.15, 0.2) is 30.5 Å². The second-order valence-corrected chi connectivity index (χ2v) is 4.24. The normalized spacial score (nSPS) is 11.6. The maximum Gasteiger partial charge on any atom is 0.416 e. The number of nitro benzene ring substituents is 1. The van der Waals surface area contributed by atoms with Gasteiger partial charge in [-0.2, -0.15) is 18.3 Å². The van der Waals surface area contributed by atoms with Crippen molar-refractivity contribution in [1.29, 1.82) is 0 Å². The van der Waals surface area contributed by atoms with Gasteiger partial charge in [-0.15, -0.1) is 0 Å². The molecule has 21 heavy (non-hydrogen) atoms. The highest BCUT2D eigenvalue weighted by atomic mass is 19.4. The van der Waals surface area contributed by atoms with Gasteiger partial charge in [0.25, 0.3) is 5.69 Å². The van der Waals surface area contributed by atoms with Crippen LogP contribution in [0.25, 0.3) is 5.69 Å². The summed E-state index contributed by atoms with van der Waals surface area (Å²) in [6.07, 6.45) is -3.17. The summed E-state index contributed by atoms with van der Waals surface area (Å²) >= 11 is 0. The van der Waals surface area contributed by atoms with Gasteiger partial charge in [-0.05, 0) is 25.2 Å². The SMILES string of the molecule is CNCc1ccn(-c2ccc(C(F)(F)F)cc2[N+](=O)[O-])n1. The van der Waals surface area contributed by atoms with Crippen molar-refractivity contribution in [3.63, 3.8) is 0 Å². The Morgan fingerprint density at radius 2 is 2.10 bits per heavy atom. The lowest BCUT2D eigenvalue weighted by Crippen LogP contribution is -2.09. The molecule has 0 fully saturated rings. The molecule has 0 aliphatic heterocycles. The number of hydrogen-bond acceptors (Lipinski definition) is 4. The van der Waals surface area contributed by atoms with E-state index < -0.39 is 22.4 Å². The minimum Gasteiger partial charge on any atom is -0.314 e. The number of hydrogen-bond donors (Lipinski definition) is 1. The lowest BCUT2D eigenvalue weighted by molar-refractivity contribution is -0.384. The number of benzene rings is 1. The summed E-state index contributed by atoms with van der Waals surface area (Å²) in [5.74, 6) is 0. The van der Waals surface area contributed by atoms with Gasteiger partial charge in [0.1, 0.15) is 5.69 Å². The largest absolute Gasteiger partial charge is 0.416 e. The molecule has 9 heteroatoms. The van der Waals surface area contributed by atoms with Gasteiger partial charge in [0.15, 0.2) is 0 Å². The minimum atomic E-state index is -4.63. The summed E-state index contributed by atoms with van der Waals surface area (Å²) in [5, 5.41) is 17.9. The van der Waals surface area contributed by atoms with Crippen molar-refractivity contribution in [3.05, 3.63) is 51.8 Å². The van der Waals surface area contributed by atoms with E-state index in [1.807, 2.05) is 0 Å². The molecule has 112 valence electrons. The fourth-order valence-electron chi connectivity index (χ4n) is 1.81. The summed E-state index contributed by atoms with van der Waals surface area (Å²) in [4.78, 5) is 10.1. The van der Waals surface area contributed by atoms with E-state index in [1.54, 1.807) is 13.1 Å². The highest BCUT2D eigenvalue weighted by molar-refractivity contribution is 5.54. The van der Waals surface area contributed by atoms with Crippen LogP contribution in [0.5, 0.6) is 0 Å². The van der Waals surface area contributed by atoms with Crippen LogP contribution in [0.4, 0.5) is 18.9 Å². The van der Waals surface area contributed by atoms with Gasteiger partial charge >= 0.3 is 6.18 Å². The highest BCUT2D eigenvalue weighted by Crippen LogP contribution is 2.34. The Morgan fingerprint density at radius 3 is 2.67 bits per heavy atom. The molecule has 0 unspecified atom stereocenters. The average Bonchev–Trinajstić information content (AvgIpc) is 2.86. The maximum absolute atomic E-state index is 12.6. The Balaban J connectivity index is 2.49. The topological polar surface area (TPSA) is 73.0 Å². The third-order valence-electron chi connectivity index (χ3n) is 2.75. The fourth-order valence-corrected chi connectivity index (χ4v) is 1.81. The molecule has 0 saturated heterocycles. The monoisotopic (exact) mass is 300 g/mol. The Morgan fingerprint density at radius 1 is 1.38 bits per heavy atom. The van der Waals surface area contributed by atoms with Crippen LogP contribution in [0.3, 0.4) is 0 Å². The zero-order valence-electron chi connectivity index (χ0n) is 10.9. The van der Waals surface area contributed by atoms with Crippen LogP contribution in [0.2, 0.25) is 0 Å². The molecule has 6 nitrogen and oxygen atoms in total. The molecule has 1 aromatic carbocycles. The Labute approximate surface area is 117 Å². The van der Waals surface area contributed by atoms with Gasteiger partial charge < -0.3 is 5.32 Å². The molecule has 1 N–H and O–H groups in total. The highest BCUT2D eigenvalue weighted by Gasteiger charge is 2.33. The third kappa shape index (κ3) is 3.19. The lowest BCUT2D eigenvalue weighted by atomic mass is 10.1. The van der Waals surface area contributed by atoms with Crippen LogP contribution in [-0.4, -0.2) is 21.8 Å². The Bertz CT molecular complexity index is 667. The molecule has 0 radical (unpaired) electrons. The molecule has 0 aliphatic carbocycles. The van der Waals surface area contributed by atoms with Crippen LogP contribution >= 0.6 is 0 Å². The first-order valence-electron chi connectivity index (χ1n) is 5.88. The minimum absolute atomic E-state index is 0.0182. The molecular weight excluding hydrogens is 289 g/mol. The van der Waals surface area contributed by atoms with Crippen molar-refractivity contribution in [3.8, 4) is 5.69 Å². The van der Waals surface area contributed by atoms with E-state index in [4.69, 9.17) is 0 Å². The summed E-state index contributed by atoms with van der Waals surface area (Å²) in [5.41, 5.74) is -1.12. The summed E-state index contributed by atoms with van der Waals surface area (Å²) in [7, 11) is 1.71. The number of nitrogens with one attached hydrogen (secondary N) is 1. The first-order chi connectivity index (χ1) is 9.82. The van der Waals surface area contributed by atoms with Gasteiger partial charge in [0.05, 0.1) is 16.2 Å².